The van der Waals surface area contributed by atoms with Crippen molar-refractivity contribution >= 4 is 11.3 Å². The zero-order valence-corrected chi connectivity index (χ0v) is 19.3. The number of aromatic nitrogens is 8. The first-order valence-electron chi connectivity index (χ1n) is 11.0. The van der Waals surface area contributed by atoms with Crippen LogP contribution < -0.4 is 5.73 Å². The van der Waals surface area contributed by atoms with Gasteiger partial charge in [-0.15, -0.1) is 5.10 Å². The van der Waals surface area contributed by atoms with Gasteiger partial charge >= 0.3 is 6.18 Å². The maximum absolute atomic E-state index is 14.3. The van der Waals surface area contributed by atoms with Gasteiger partial charge in [0.1, 0.15) is 29.4 Å². The van der Waals surface area contributed by atoms with Gasteiger partial charge in [-0.2, -0.15) is 23.5 Å². The molecule has 15 heteroatoms. The highest BCUT2D eigenvalue weighted by Gasteiger charge is 2.35. The Morgan fingerprint density at radius 2 is 1.87 bits per heavy atom. The van der Waals surface area contributed by atoms with Crippen molar-refractivity contribution in [2.75, 3.05) is 5.73 Å². The van der Waals surface area contributed by atoms with Crippen molar-refractivity contribution in [3.8, 4) is 22.9 Å². The summed E-state index contributed by atoms with van der Waals surface area (Å²) in [6, 6.07) is 5.07. The van der Waals surface area contributed by atoms with Gasteiger partial charge in [-0.3, -0.25) is 0 Å². The Labute approximate surface area is 210 Å². The van der Waals surface area contributed by atoms with Gasteiger partial charge < -0.3 is 5.73 Å². The number of nitrogens with two attached hydrogens (primary N) is 1. The minimum atomic E-state index is -4.75. The summed E-state index contributed by atoms with van der Waals surface area (Å²) in [6.07, 6.45) is 0.0790. The minimum Gasteiger partial charge on any atom is -0.382 e. The Kier molecular flexibility index (Phi) is 5.94. The smallest absolute Gasteiger partial charge is 0.382 e. The fourth-order valence-electron chi connectivity index (χ4n) is 4.22. The molecule has 4 heterocycles. The molecule has 0 fully saturated rings. The van der Waals surface area contributed by atoms with Crippen molar-refractivity contribution in [2.45, 2.75) is 25.4 Å². The van der Waals surface area contributed by atoms with Crippen LogP contribution in [0.3, 0.4) is 0 Å². The molecule has 0 amide bonds. The molecule has 0 aliphatic heterocycles. The molecule has 0 aliphatic rings. The van der Waals surface area contributed by atoms with Crippen molar-refractivity contribution < 1.29 is 22.0 Å². The number of rotatable bonds is 5. The summed E-state index contributed by atoms with van der Waals surface area (Å²) >= 11 is 0. The van der Waals surface area contributed by atoms with Crippen LogP contribution in [0, 0.1) is 23.0 Å². The lowest BCUT2D eigenvalue weighted by Crippen LogP contribution is -2.10. The molecule has 0 saturated heterocycles. The van der Waals surface area contributed by atoms with E-state index in [1.165, 1.54) is 16.8 Å². The van der Waals surface area contributed by atoms with E-state index in [2.05, 4.69) is 36.4 Å². The topological polar surface area (TPSA) is 136 Å². The first kappa shape index (κ1) is 24.7. The lowest BCUT2D eigenvalue weighted by Gasteiger charge is -2.12. The molecule has 192 valence electrons. The van der Waals surface area contributed by atoms with Crippen molar-refractivity contribution in [1.82, 2.24) is 39.6 Å². The summed E-state index contributed by atoms with van der Waals surface area (Å²) in [5.74, 6) is -3.64. The van der Waals surface area contributed by atoms with Crippen LogP contribution >= 0.6 is 0 Å². The molecule has 5 rings (SSSR count). The summed E-state index contributed by atoms with van der Waals surface area (Å²) in [4.78, 5) is 10.8. The Morgan fingerprint density at radius 3 is 2.50 bits per heavy atom. The molecule has 0 bridgehead atoms. The molecular formula is C23H15F5N10. The highest BCUT2D eigenvalue weighted by atomic mass is 19.4. The second-order valence-electron chi connectivity index (χ2n) is 8.09. The van der Waals surface area contributed by atoms with Gasteiger partial charge in [0.2, 0.25) is 5.82 Å². The molecule has 5 aromatic rings. The lowest BCUT2D eigenvalue weighted by atomic mass is 9.93. The van der Waals surface area contributed by atoms with Crippen LogP contribution in [0.2, 0.25) is 0 Å². The molecule has 1 aromatic carbocycles. The maximum atomic E-state index is 14.3. The monoisotopic (exact) mass is 526 g/mol. The number of alkyl halides is 3. The normalized spacial score (nSPS) is 12.6. The minimum absolute atomic E-state index is 0.0370. The van der Waals surface area contributed by atoms with E-state index < -0.39 is 29.6 Å². The Hall–Kier alpha value is -5.00. The first-order chi connectivity index (χ1) is 18.1. The SMILES string of the molecule is CCC(c1cn(-c2ccc(F)cc2F)nn1)c1c(C#N)c(-c2cnc(C(F)(F)F)nc2)c2c(N)ncnn12. The van der Waals surface area contributed by atoms with Crippen LogP contribution in [0.5, 0.6) is 0 Å². The van der Waals surface area contributed by atoms with E-state index in [0.717, 1.165) is 29.5 Å². The van der Waals surface area contributed by atoms with Gasteiger partial charge in [-0.1, -0.05) is 12.1 Å². The number of hydrogen-bond acceptors (Lipinski definition) is 8. The van der Waals surface area contributed by atoms with Crippen LogP contribution in [0.1, 0.15) is 42.0 Å². The van der Waals surface area contributed by atoms with E-state index in [-0.39, 0.29) is 33.7 Å². The molecular weight excluding hydrogens is 511 g/mol. The van der Waals surface area contributed by atoms with Gasteiger partial charge in [0.15, 0.2) is 11.6 Å². The highest BCUT2D eigenvalue weighted by molar-refractivity contribution is 5.92. The zero-order chi connectivity index (χ0) is 27.2. The number of fused-ring (bicyclic) bond motifs is 1. The second-order valence-corrected chi connectivity index (χ2v) is 8.09. The third-order valence-corrected chi connectivity index (χ3v) is 5.86. The fraction of sp³-hybridized carbons (Fsp3) is 0.174. The summed E-state index contributed by atoms with van der Waals surface area (Å²) in [5, 5.41) is 22.5. The summed E-state index contributed by atoms with van der Waals surface area (Å²) in [6.45, 7) is 1.80. The summed E-state index contributed by atoms with van der Waals surface area (Å²) in [7, 11) is 0. The van der Waals surface area contributed by atoms with E-state index >= 15 is 0 Å². The highest BCUT2D eigenvalue weighted by Crippen LogP contribution is 2.40. The van der Waals surface area contributed by atoms with Gasteiger partial charge in [0.25, 0.3) is 0 Å². The number of nitrogen functional groups attached to an aromatic ring is 1. The number of halogens is 5. The number of hydrogen-bond donors (Lipinski definition) is 1. The standard InChI is InChI=1S/C23H15F5N10/c1-2-13(16-9-37(36-35-16)17-4-3-12(24)5-15(17)25)19-14(6-29)18(20-21(30)33-10-34-38(19)20)11-7-31-22(32-8-11)23(26,27)28/h3-5,7-10,13H,2H2,1H3,(H2,30,33,34). The Balaban J connectivity index is 1.70. The predicted octanol–water partition coefficient (Wildman–Crippen LogP) is 4.06. The van der Waals surface area contributed by atoms with E-state index in [1.54, 1.807) is 6.92 Å². The van der Waals surface area contributed by atoms with E-state index in [4.69, 9.17) is 5.73 Å². The predicted molar refractivity (Wildman–Crippen MR) is 122 cm³/mol. The third-order valence-electron chi connectivity index (χ3n) is 5.86. The number of anilines is 1. The first-order valence-corrected chi connectivity index (χ1v) is 11.0. The van der Waals surface area contributed by atoms with E-state index in [9.17, 15) is 27.2 Å². The van der Waals surface area contributed by atoms with Gasteiger partial charge in [0, 0.05) is 35.5 Å². The van der Waals surface area contributed by atoms with Crippen molar-refractivity contribution in [2.24, 2.45) is 0 Å². The zero-order valence-electron chi connectivity index (χ0n) is 19.3. The van der Waals surface area contributed by atoms with Gasteiger partial charge in [0.05, 0.1) is 23.1 Å². The molecule has 10 nitrogen and oxygen atoms in total. The summed E-state index contributed by atoms with van der Waals surface area (Å²) < 4.78 is 69.2. The number of nitrogens with zero attached hydrogens (tertiary/aromatic N) is 9. The van der Waals surface area contributed by atoms with Gasteiger partial charge in [-0.25, -0.2) is 32.9 Å². The molecule has 1 atom stereocenters. The van der Waals surface area contributed by atoms with E-state index in [0.29, 0.717) is 23.9 Å². The van der Waals surface area contributed by atoms with Gasteiger partial charge in [-0.05, 0) is 18.6 Å². The largest absolute Gasteiger partial charge is 0.451 e. The van der Waals surface area contributed by atoms with Crippen LogP contribution in [-0.2, 0) is 6.18 Å². The lowest BCUT2D eigenvalue weighted by molar-refractivity contribution is -0.144. The average Bonchev–Trinajstić information content (AvgIpc) is 3.48. The van der Waals surface area contributed by atoms with Crippen LogP contribution in [0.4, 0.5) is 27.8 Å². The molecule has 0 saturated carbocycles. The van der Waals surface area contributed by atoms with Crippen molar-refractivity contribution in [1.29, 1.82) is 5.26 Å². The molecule has 38 heavy (non-hydrogen) atoms. The molecule has 2 N–H and O–H groups in total. The number of benzene rings is 1. The number of nitriles is 1. The molecule has 0 spiro atoms. The van der Waals surface area contributed by atoms with Crippen LogP contribution in [0.25, 0.3) is 22.3 Å². The van der Waals surface area contributed by atoms with Crippen LogP contribution in [0.15, 0.2) is 43.1 Å². The molecule has 1 unspecified atom stereocenters. The molecule has 4 aromatic heterocycles. The third kappa shape index (κ3) is 4.05. The van der Waals surface area contributed by atoms with Crippen LogP contribution in [-0.4, -0.2) is 39.6 Å². The Morgan fingerprint density at radius 1 is 1.13 bits per heavy atom. The average molecular weight is 526 g/mol. The van der Waals surface area contributed by atoms with Crippen molar-refractivity contribution in [3.63, 3.8) is 0 Å². The molecule has 0 aliphatic carbocycles. The fourth-order valence-corrected chi connectivity index (χ4v) is 4.22. The second kappa shape index (κ2) is 9.14. The van der Waals surface area contributed by atoms with E-state index in [1.807, 2.05) is 0 Å². The summed E-state index contributed by atoms with van der Waals surface area (Å²) in [5.41, 5.74) is 7.13. The molecule has 0 radical (unpaired) electrons. The maximum Gasteiger partial charge on any atom is 0.451 e. The Bertz CT molecular complexity index is 1700. The quantitative estimate of drug-likeness (QED) is 0.339. The van der Waals surface area contributed by atoms with Crippen molar-refractivity contribution in [3.05, 3.63) is 77.5 Å².